The lowest BCUT2D eigenvalue weighted by Gasteiger charge is -2.34. The minimum absolute atomic E-state index is 0.0325. The molecule has 1 N–H and O–H groups in total. The topological polar surface area (TPSA) is 71.1 Å². The standard InChI is InChI=1S/C23H29N3O4/c1-25(15-17-11-12-20(29-2)14-21(17)30-3)22(27)18-8-7-13-26(16-18)23(28)24-19-9-5-4-6-10-19/h4-6,9-12,14,18H,7-8,13,15-16H2,1-3H3,(H,24,28). The molecule has 1 unspecified atom stereocenters. The van der Waals surface area contributed by atoms with Gasteiger partial charge in [0.1, 0.15) is 11.5 Å². The molecule has 7 nitrogen and oxygen atoms in total. The van der Waals surface area contributed by atoms with Gasteiger partial charge in [0.2, 0.25) is 5.91 Å². The van der Waals surface area contributed by atoms with E-state index in [1.54, 1.807) is 31.1 Å². The molecule has 0 bridgehead atoms. The van der Waals surface area contributed by atoms with Crippen LogP contribution in [0, 0.1) is 5.92 Å². The first-order valence-corrected chi connectivity index (χ1v) is 10.1. The van der Waals surface area contributed by atoms with Gasteiger partial charge in [0.25, 0.3) is 0 Å². The van der Waals surface area contributed by atoms with Crippen molar-refractivity contribution in [2.75, 3.05) is 39.7 Å². The van der Waals surface area contributed by atoms with Crippen molar-refractivity contribution in [3.8, 4) is 11.5 Å². The lowest BCUT2D eigenvalue weighted by molar-refractivity contribution is -0.136. The van der Waals surface area contributed by atoms with Crippen LogP contribution < -0.4 is 14.8 Å². The fourth-order valence-corrected chi connectivity index (χ4v) is 3.71. The van der Waals surface area contributed by atoms with Crippen molar-refractivity contribution < 1.29 is 19.1 Å². The Morgan fingerprint density at radius 1 is 1.13 bits per heavy atom. The number of para-hydroxylation sites is 1. The first-order valence-electron chi connectivity index (χ1n) is 10.1. The lowest BCUT2D eigenvalue weighted by Crippen LogP contribution is -2.47. The van der Waals surface area contributed by atoms with Crippen molar-refractivity contribution in [3.05, 3.63) is 54.1 Å². The Morgan fingerprint density at radius 3 is 2.60 bits per heavy atom. The summed E-state index contributed by atoms with van der Waals surface area (Å²) in [5.74, 6) is 1.21. The Kier molecular flexibility index (Phi) is 7.17. The van der Waals surface area contributed by atoms with Gasteiger partial charge in [0.05, 0.1) is 20.1 Å². The Bertz CT molecular complexity index is 872. The number of carbonyl (C=O) groups is 2. The number of methoxy groups -OCH3 is 2. The van der Waals surface area contributed by atoms with E-state index in [9.17, 15) is 9.59 Å². The molecular formula is C23H29N3O4. The van der Waals surface area contributed by atoms with E-state index in [4.69, 9.17) is 9.47 Å². The predicted molar refractivity (Wildman–Crippen MR) is 116 cm³/mol. The molecule has 0 radical (unpaired) electrons. The molecule has 1 aliphatic rings. The van der Waals surface area contributed by atoms with Gasteiger partial charge >= 0.3 is 6.03 Å². The molecule has 2 aromatic rings. The van der Waals surface area contributed by atoms with Crippen molar-refractivity contribution >= 4 is 17.6 Å². The zero-order valence-corrected chi connectivity index (χ0v) is 17.8. The number of hydrogen-bond acceptors (Lipinski definition) is 4. The first-order chi connectivity index (χ1) is 14.5. The van der Waals surface area contributed by atoms with Crippen LogP contribution in [0.3, 0.4) is 0 Å². The number of likely N-dealkylation sites (tertiary alicyclic amines) is 1. The molecule has 160 valence electrons. The molecule has 0 aliphatic carbocycles. The first kappa shape index (κ1) is 21.5. The smallest absolute Gasteiger partial charge is 0.321 e. The molecule has 7 heteroatoms. The Balaban J connectivity index is 1.61. The van der Waals surface area contributed by atoms with Crippen LogP contribution in [0.25, 0.3) is 0 Å². The Hall–Kier alpha value is -3.22. The van der Waals surface area contributed by atoms with E-state index in [0.717, 1.165) is 24.1 Å². The maximum atomic E-state index is 13.1. The van der Waals surface area contributed by atoms with E-state index >= 15 is 0 Å². The van der Waals surface area contributed by atoms with Crippen LogP contribution in [-0.4, -0.2) is 56.1 Å². The number of amides is 3. The molecule has 1 atom stereocenters. The molecule has 2 aromatic carbocycles. The minimum atomic E-state index is -0.213. The number of benzene rings is 2. The van der Waals surface area contributed by atoms with E-state index in [0.29, 0.717) is 31.1 Å². The molecule has 3 amide bonds. The second-order valence-electron chi connectivity index (χ2n) is 7.45. The highest BCUT2D eigenvalue weighted by Gasteiger charge is 2.30. The second-order valence-corrected chi connectivity index (χ2v) is 7.45. The summed E-state index contributed by atoms with van der Waals surface area (Å²) in [7, 11) is 4.99. The summed E-state index contributed by atoms with van der Waals surface area (Å²) in [5.41, 5.74) is 1.66. The fraction of sp³-hybridized carbons (Fsp3) is 0.391. The maximum absolute atomic E-state index is 13.1. The highest BCUT2D eigenvalue weighted by atomic mass is 16.5. The molecule has 0 aromatic heterocycles. The van der Waals surface area contributed by atoms with Gasteiger partial charge in [-0.25, -0.2) is 4.79 Å². The van der Waals surface area contributed by atoms with Gasteiger partial charge in [-0.15, -0.1) is 0 Å². The van der Waals surface area contributed by atoms with E-state index in [1.807, 2.05) is 48.5 Å². The van der Waals surface area contributed by atoms with Crippen LogP contribution >= 0.6 is 0 Å². The number of hydrogen-bond donors (Lipinski definition) is 1. The van der Waals surface area contributed by atoms with E-state index < -0.39 is 0 Å². The summed E-state index contributed by atoms with van der Waals surface area (Å²) in [4.78, 5) is 29.1. The number of ether oxygens (including phenoxy) is 2. The van der Waals surface area contributed by atoms with Crippen molar-refractivity contribution in [2.24, 2.45) is 5.92 Å². The number of nitrogens with one attached hydrogen (secondary N) is 1. The van der Waals surface area contributed by atoms with Gasteiger partial charge in [-0.3, -0.25) is 4.79 Å². The number of piperidine rings is 1. The maximum Gasteiger partial charge on any atom is 0.321 e. The van der Waals surface area contributed by atoms with Gasteiger partial charge in [0.15, 0.2) is 0 Å². The number of carbonyl (C=O) groups excluding carboxylic acids is 2. The molecule has 3 rings (SSSR count). The van der Waals surface area contributed by atoms with Gasteiger partial charge < -0.3 is 24.6 Å². The average molecular weight is 412 g/mol. The van der Waals surface area contributed by atoms with Crippen LogP contribution in [0.4, 0.5) is 10.5 Å². The summed E-state index contributed by atoms with van der Waals surface area (Å²) in [6, 6.07) is 14.7. The van der Waals surface area contributed by atoms with Crippen LogP contribution in [0.2, 0.25) is 0 Å². The lowest BCUT2D eigenvalue weighted by atomic mass is 9.96. The van der Waals surface area contributed by atoms with Crippen molar-refractivity contribution in [1.29, 1.82) is 0 Å². The quantitative estimate of drug-likeness (QED) is 0.788. The predicted octanol–water partition coefficient (Wildman–Crippen LogP) is 3.61. The fourth-order valence-electron chi connectivity index (χ4n) is 3.71. The monoisotopic (exact) mass is 411 g/mol. The normalized spacial score (nSPS) is 16.0. The molecule has 0 saturated carbocycles. The zero-order chi connectivity index (χ0) is 21.5. The third-order valence-corrected chi connectivity index (χ3v) is 5.36. The van der Waals surface area contributed by atoms with Crippen molar-refractivity contribution in [2.45, 2.75) is 19.4 Å². The molecule has 0 spiro atoms. The summed E-state index contributed by atoms with van der Waals surface area (Å²) < 4.78 is 10.7. The van der Waals surface area contributed by atoms with E-state index in [1.165, 1.54) is 0 Å². The van der Waals surface area contributed by atoms with Gasteiger partial charge in [-0.2, -0.15) is 0 Å². The zero-order valence-electron chi connectivity index (χ0n) is 17.8. The highest BCUT2D eigenvalue weighted by Crippen LogP contribution is 2.27. The molecular weight excluding hydrogens is 382 g/mol. The minimum Gasteiger partial charge on any atom is -0.497 e. The van der Waals surface area contributed by atoms with Gasteiger partial charge in [-0.05, 0) is 37.1 Å². The van der Waals surface area contributed by atoms with E-state index in [-0.39, 0.29) is 17.9 Å². The van der Waals surface area contributed by atoms with E-state index in [2.05, 4.69) is 5.32 Å². The van der Waals surface area contributed by atoms with Crippen LogP contribution in [0.15, 0.2) is 48.5 Å². The molecule has 1 heterocycles. The van der Waals surface area contributed by atoms with Crippen LogP contribution in [-0.2, 0) is 11.3 Å². The Morgan fingerprint density at radius 2 is 1.90 bits per heavy atom. The summed E-state index contributed by atoms with van der Waals surface area (Å²) >= 11 is 0. The van der Waals surface area contributed by atoms with Gasteiger partial charge in [0, 0.05) is 44.0 Å². The average Bonchev–Trinajstić information content (AvgIpc) is 2.79. The Labute approximate surface area is 177 Å². The van der Waals surface area contributed by atoms with Gasteiger partial charge in [-0.1, -0.05) is 18.2 Å². The third-order valence-electron chi connectivity index (χ3n) is 5.36. The number of rotatable bonds is 6. The largest absolute Gasteiger partial charge is 0.497 e. The molecule has 1 fully saturated rings. The number of nitrogens with zero attached hydrogens (tertiary/aromatic N) is 2. The summed E-state index contributed by atoms with van der Waals surface area (Å²) in [5, 5.41) is 2.90. The molecule has 30 heavy (non-hydrogen) atoms. The highest BCUT2D eigenvalue weighted by molar-refractivity contribution is 5.90. The number of anilines is 1. The third kappa shape index (κ3) is 5.23. The summed E-state index contributed by atoms with van der Waals surface area (Å²) in [6.07, 6.45) is 1.58. The summed E-state index contributed by atoms with van der Waals surface area (Å²) in [6.45, 7) is 1.50. The van der Waals surface area contributed by atoms with Crippen LogP contribution in [0.1, 0.15) is 18.4 Å². The molecule has 1 aliphatic heterocycles. The van der Waals surface area contributed by atoms with Crippen molar-refractivity contribution in [1.82, 2.24) is 9.80 Å². The SMILES string of the molecule is COc1ccc(CN(C)C(=O)C2CCCN(C(=O)Nc3ccccc3)C2)c(OC)c1. The second kappa shape index (κ2) is 10.0. The van der Waals surface area contributed by atoms with Crippen LogP contribution in [0.5, 0.6) is 11.5 Å². The number of urea groups is 1. The van der Waals surface area contributed by atoms with Crippen molar-refractivity contribution in [3.63, 3.8) is 0 Å². The molecule has 1 saturated heterocycles.